The Morgan fingerprint density at radius 1 is 1.40 bits per heavy atom. The van der Waals surface area contributed by atoms with Crippen LogP contribution in [0.5, 0.6) is 0 Å². The van der Waals surface area contributed by atoms with Crippen LogP contribution in [0.15, 0.2) is 17.2 Å². The van der Waals surface area contributed by atoms with E-state index in [-0.39, 0.29) is 5.92 Å². The summed E-state index contributed by atoms with van der Waals surface area (Å²) in [6, 6.07) is 3.42. The highest BCUT2D eigenvalue weighted by Crippen LogP contribution is 2.36. The Hall–Kier alpha value is -1.03. The number of aromatic carboxylic acids is 1. The van der Waals surface area contributed by atoms with Gasteiger partial charge in [-0.25, -0.2) is 9.78 Å². The van der Waals surface area contributed by atoms with Gasteiger partial charge in [0, 0.05) is 10.9 Å². The highest BCUT2D eigenvalue weighted by Gasteiger charge is 2.21. The lowest BCUT2D eigenvalue weighted by atomic mass is 9.91. The molecule has 0 aromatic carbocycles. The highest BCUT2D eigenvalue weighted by atomic mass is 32.2. The Morgan fingerprint density at radius 2 is 2.15 bits per heavy atom. The van der Waals surface area contributed by atoms with E-state index in [1.807, 2.05) is 13.8 Å². The topological polar surface area (TPSA) is 50.2 Å². The van der Waals surface area contributed by atoms with Crippen molar-refractivity contribution in [3.05, 3.63) is 23.4 Å². The first kappa shape index (κ1) is 15.4. The third kappa shape index (κ3) is 3.98. The maximum Gasteiger partial charge on any atom is 0.335 e. The molecule has 0 aliphatic heterocycles. The Balaban J connectivity index is 2.19. The predicted molar refractivity (Wildman–Crippen MR) is 82.6 cm³/mol. The van der Waals surface area contributed by atoms with Gasteiger partial charge in [0.15, 0.2) is 0 Å². The maximum atomic E-state index is 11.2. The van der Waals surface area contributed by atoms with Crippen LogP contribution in [0.1, 0.15) is 68.4 Å². The van der Waals surface area contributed by atoms with Gasteiger partial charge in [0.2, 0.25) is 0 Å². The van der Waals surface area contributed by atoms with E-state index in [2.05, 4.69) is 11.9 Å². The molecule has 1 aromatic rings. The van der Waals surface area contributed by atoms with Crippen molar-refractivity contribution in [1.29, 1.82) is 0 Å². The molecule has 1 aliphatic rings. The lowest BCUT2D eigenvalue weighted by molar-refractivity contribution is 0.0696. The molecule has 0 radical (unpaired) electrons. The fourth-order valence-electron chi connectivity index (χ4n) is 2.66. The SMILES string of the molecule is CC1CCCC(Sc2cc(C(=O)O)cc(C(C)C)n2)C1. The number of thioether (sulfide) groups is 1. The molecule has 1 N–H and O–H groups in total. The fourth-order valence-corrected chi connectivity index (χ4v) is 4.07. The zero-order valence-electron chi connectivity index (χ0n) is 12.4. The van der Waals surface area contributed by atoms with E-state index in [1.54, 1.807) is 23.9 Å². The van der Waals surface area contributed by atoms with Gasteiger partial charge in [0.05, 0.1) is 10.6 Å². The first-order valence-electron chi connectivity index (χ1n) is 7.37. The molecule has 0 saturated heterocycles. The third-order valence-electron chi connectivity index (χ3n) is 3.84. The summed E-state index contributed by atoms with van der Waals surface area (Å²) in [6.45, 7) is 6.39. The summed E-state index contributed by atoms with van der Waals surface area (Å²) in [5.74, 6) is 0.153. The number of aromatic nitrogens is 1. The van der Waals surface area contributed by atoms with Crippen molar-refractivity contribution >= 4 is 17.7 Å². The van der Waals surface area contributed by atoms with Gasteiger partial charge in [0.1, 0.15) is 0 Å². The van der Waals surface area contributed by atoms with Crippen molar-refractivity contribution in [1.82, 2.24) is 4.98 Å². The number of hydrogen-bond acceptors (Lipinski definition) is 3. The molecule has 0 spiro atoms. The average molecular weight is 293 g/mol. The molecule has 1 aliphatic carbocycles. The summed E-state index contributed by atoms with van der Waals surface area (Å²) >= 11 is 1.76. The number of hydrogen-bond donors (Lipinski definition) is 1. The van der Waals surface area contributed by atoms with Crippen LogP contribution in [0.3, 0.4) is 0 Å². The molecule has 1 fully saturated rings. The highest BCUT2D eigenvalue weighted by molar-refractivity contribution is 7.99. The molecule has 1 saturated carbocycles. The van der Waals surface area contributed by atoms with E-state index in [0.717, 1.165) is 16.6 Å². The fraction of sp³-hybridized carbons (Fsp3) is 0.625. The number of pyridine rings is 1. The Labute approximate surface area is 125 Å². The van der Waals surface area contributed by atoms with E-state index in [0.29, 0.717) is 10.8 Å². The molecule has 1 heterocycles. The van der Waals surface area contributed by atoms with Crippen LogP contribution in [0.4, 0.5) is 0 Å². The monoisotopic (exact) mass is 293 g/mol. The molecule has 2 rings (SSSR count). The lowest BCUT2D eigenvalue weighted by Crippen LogP contribution is -2.15. The van der Waals surface area contributed by atoms with Gasteiger partial charge in [0.25, 0.3) is 0 Å². The second-order valence-corrected chi connectivity index (χ2v) is 7.41. The van der Waals surface area contributed by atoms with E-state index in [9.17, 15) is 9.90 Å². The van der Waals surface area contributed by atoms with Crippen LogP contribution in [0.2, 0.25) is 0 Å². The van der Waals surface area contributed by atoms with E-state index in [4.69, 9.17) is 0 Å². The predicted octanol–water partition coefficient (Wildman–Crippen LogP) is 4.57. The van der Waals surface area contributed by atoms with Gasteiger partial charge in [-0.15, -0.1) is 11.8 Å². The standard InChI is InChI=1S/C16H23NO2S/c1-10(2)14-8-12(16(18)19)9-15(17-14)20-13-6-4-5-11(3)7-13/h8-11,13H,4-7H2,1-3H3,(H,18,19). The minimum Gasteiger partial charge on any atom is -0.478 e. The summed E-state index contributed by atoms with van der Waals surface area (Å²) in [5.41, 5.74) is 1.23. The van der Waals surface area contributed by atoms with Gasteiger partial charge in [-0.2, -0.15) is 0 Å². The van der Waals surface area contributed by atoms with Gasteiger partial charge in [-0.3, -0.25) is 0 Å². The van der Waals surface area contributed by atoms with Crippen LogP contribution in [-0.4, -0.2) is 21.3 Å². The Morgan fingerprint density at radius 3 is 2.75 bits per heavy atom. The summed E-state index contributed by atoms with van der Waals surface area (Å²) in [5, 5.41) is 10.7. The lowest BCUT2D eigenvalue weighted by Gasteiger charge is -2.26. The van der Waals surface area contributed by atoms with Crippen LogP contribution in [0, 0.1) is 5.92 Å². The second-order valence-electron chi connectivity index (χ2n) is 6.09. The molecule has 110 valence electrons. The Bertz CT molecular complexity index is 487. The zero-order valence-corrected chi connectivity index (χ0v) is 13.2. The molecule has 20 heavy (non-hydrogen) atoms. The van der Waals surface area contributed by atoms with Gasteiger partial charge >= 0.3 is 5.97 Å². The quantitative estimate of drug-likeness (QED) is 0.883. The molecule has 0 amide bonds. The molecule has 0 bridgehead atoms. The number of carboxylic acids is 1. The van der Waals surface area contributed by atoms with Crippen LogP contribution < -0.4 is 0 Å². The summed E-state index contributed by atoms with van der Waals surface area (Å²) in [6.07, 6.45) is 5.01. The summed E-state index contributed by atoms with van der Waals surface area (Å²) in [4.78, 5) is 15.9. The number of carboxylic acid groups (broad SMARTS) is 1. The van der Waals surface area contributed by atoms with Gasteiger partial charge < -0.3 is 5.11 Å². The van der Waals surface area contributed by atoms with Crippen molar-refractivity contribution in [3.8, 4) is 0 Å². The third-order valence-corrected chi connectivity index (χ3v) is 5.05. The largest absolute Gasteiger partial charge is 0.478 e. The normalized spacial score (nSPS) is 23.0. The maximum absolute atomic E-state index is 11.2. The molecule has 4 heteroatoms. The second kappa shape index (κ2) is 6.61. The summed E-state index contributed by atoms with van der Waals surface area (Å²) < 4.78 is 0. The number of rotatable bonds is 4. The van der Waals surface area contributed by atoms with Crippen LogP contribution in [-0.2, 0) is 0 Å². The molecule has 1 aromatic heterocycles. The molecule has 2 atom stereocenters. The van der Waals surface area contributed by atoms with Crippen molar-refractivity contribution in [2.75, 3.05) is 0 Å². The van der Waals surface area contributed by atoms with Crippen molar-refractivity contribution in [3.63, 3.8) is 0 Å². The van der Waals surface area contributed by atoms with Gasteiger partial charge in [-0.05, 0) is 36.8 Å². The first-order chi connectivity index (χ1) is 9.45. The van der Waals surface area contributed by atoms with E-state index in [1.165, 1.54) is 25.7 Å². The zero-order chi connectivity index (χ0) is 14.7. The average Bonchev–Trinajstić information content (AvgIpc) is 2.38. The van der Waals surface area contributed by atoms with Crippen molar-refractivity contribution < 1.29 is 9.90 Å². The smallest absolute Gasteiger partial charge is 0.335 e. The van der Waals surface area contributed by atoms with Crippen LogP contribution in [0.25, 0.3) is 0 Å². The molecule has 3 nitrogen and oxygen atoms in total. The number of nitrogens with zero attached hydrogens (tertiary/aromatic N) is 1. The van der Waals surface area contributed by atoms with Crippen molar-refractivity contribution in [2.24, 2.45) is 5.92 Å². The molecular formula is C16H23NO2S. The summed E-state index contributed by atoms with van der Waals surface area (Å²) in [7, 11) is 0. The molecular weight excluding hydrogens is 270 g/mol. The van der Waals surface area contributed by atoms with Gasteiger partial charge in [-0.1, -0.05) is 33.6 Å². The van der Waals surface area contributed by atoms with E-state index < -0.39 is 5.97 Å². The minimum absolute atomic E-state index is 0.249. The Kier molecular flexibility index (Phi) is 5.08. The minimum atomic E-state index is -0.867. The van der Waals surface area contributed by atoms with Crippen molar-refractivity contribution in [2.45, 2.75) is 62.6 Å². The number of carbonyl (C=O) groups is 1. The molecule has 2 unspecified atom stereocenters. The first-order valence-corrected chi connectivity index (χ1v) is 8.25. The van der Waals surface area contributed by atoms with E-state index >= 15 is 0 Å². The van der Waals surface area contributed by atoms with Crippen LogP contribution >= 0.6 is 11.8 Å².